The Morgan fingerprint density at radius 2 is 0.734 bits per heavy atom. The van der Waals surface area contributed by atoms with Gasteiger partial charge in [0.25, 0.3) is 0 Å². The number of aromatic nitrogens is 4. The maximum Gasteiger partial charge on any atom is 0.142 e. The minimum atomic E-state index is 0.381. The van der Waals surface area contributed by atoms with Crippen molar-refractivity contribution in [2.45, 2.75) is 79.1 Å². The zero-order valence-electron chi connectivity index (χ0n) is 38.1. The fourth-order valence-electron chi connectivity index (χ4n) is 8.94. The van der Waals surface area contributed by atoms with Crippen LogP contribution in [0, 0.1) is 0 Å². The lowest BCUT2D eigenvalue weighted by atomic mass is 9.97. The molecule has 0 saturated heterocycles. The Morgan fingerprint density at radius 1 is 0.406 bits per heavy atom. The molecular weight excluding hydrogens is 781 g/mol. The van der Waals surface area contributed by atoms with E-state index in [0.717, 1.165) is 101 Å². The highest BCUT2D eigenvalue weighted by molar-refractivity contribution is 6.02. The molecule has 0 spiro atoms. The van der Waals surface area contributed by atoms with E-state index in [1.807, 2.05) is 6.08 Å². The average Bonchev–Trinajstić information content (AvgIpc) is 4.14. The Balaban J connectivity index is 1.47. The summed E-state index contributed by atoms with van der Waals surface area (Å²) < 4.78 is 0. The second-order valence-electron chi connectivity index (χ2n) is 18.3. The molecule has 0 aliphatic carbocycles. The lowest BCUT2D eigenvalue weighted by Crippen LogP contribution is -1.92. The number of nitrogens with one attached hydrogen (secondary N) is 2. The molecule has 4 aromatic carbocycles. The van der Waals surface area contributed by atoms with Crippen molar-refractivity contribution in [2.75, 3.05) is 0 Å². The van der Waals surface area contributed by atoms with Crippen molar-refractivity contribution in [1.29, 1.82) is 0 Å². The highest BCUT2D eigenvalue weighted by Crippen LogP contribution is 2.40. The van der Waals surface area contributed by atoms with Crippen LogP contribution in [0.15, 0.2) is 121 Å². The number of hydrogen-bond donors (Lipinski definition) is 2. The molecule has 0 unspecified atom stereocenters. The Bertz CT molecular complexity index is 3130. The lowest BCUT2D eigenvalue weighted by Gasteiger charge is -2.10. The smallest absolute Gasteiger partial charge is 0.142 e. The summed E-state index contributed by atoms with van der Waals surface area (Å²) in [5.41, 5.74) is 21.2. The van der Waals surface area contributed by atoms with E-state index in [2.05, 4.69) is 205 Å². The number of hydrogen-bond acceptors (Lipinski definition) is 3. The van der Waals surface area contributed by atoms with Gasteiger partial charge in [0.2, 0.25) is 0 Å². The summed E-state index contributed by atoms with van der Waals surface area (Å²) in [4.78, 5) is 30.9. The first-order valence-corrected chi connectivity index (χ1v) is 22.7. The maximum absolute atomic E-state index is 12.0. The van der Waals surface area contributed by atoms with Gasteiger partial charge in [-0.3, -0.25) is 4.79 Å². The second-order valence-corrected chi connectivity index (χ2v) is 18.3. The van der Waals surface area contributed by atoms with Gasteiger partial charge in [0.15, 0.2) is 0 Å². The van der Waals surface area contributed by atoms with Crippen LogP contribution in [0.5, 0.6) is 0 Å². The molecule has 7 aromatic rings. The van der Waals surface area contributed by atoms with E-state index in [1.54, 1.807) is 6.08 Å². The predicted molar refractivity (Wildman–Crippen MR) is 272 cm³/mol. The van der Waals surface area contributed by atoms with Crippen LogP contribution in [0.1, 0.15) is 130 Å². The minimum absolute atomic E-state index is 0.381. The van der Waals surface area contributed by atoms with Gasteiger partial charge in [-0.15, -0.1) is 0 Å². The Hall–Kier alpha value is -7.11. The van der Waals surface area contributed by atoms with Crippen LogP contribution in [0.25, 0.3) is 97.0 Å². The van der Waals surface area contributed by atoms with Crippen LogP contribution >= 0.6 is 0 Å². The third-order valence-electron chi connectivity index (χ3n) is 12.7. The number of carbonyl (C=O) groups is 1. The first-order chi connectivity index (χ1) is 31.0. The molecule has 0 atom stereocenters. The minimum Gasteiger partial charge on any atom is -0.354 e. The van der Waals surface area contributed by atoms with E-state index in [9.17, 15) is 4.79 Å². The number of benzene rings is 4. The van der Waals surface area contributed by atoms with Gasteiger partial charge >= 0.3 is 0 Å². The molecule has 318 valence electrons. The van der Waals surface area contributed by atoms with Crippen LogP contribution < -0.4 is 0 Å². The fraction of sp³-hybridized carbons (Fsp3) is 0.203. The molecule has 9 rings (SSSR count). The van der Waals surface area contributed by atoms with Crippen LogP contribution in [0.4, 0.5) is 0 Å². The second kappa shape index (κ2) is 17.6. The predicted octanol–water partition coefficient (Wildman–Crippen LogP) is 16.0. The number of aromatic amines is 2. The summed E-state index contributed by atoms with van der Waals surface area (Å²) in [5, 5.41) is 0. The van der Waals surface area contributed by atoms with Crippen LogP contribution in [0.3, 0.4) is 0 Å². The van der Waals surface area contributed by atoms with Crippen molar-refractivity contribution in [1.82, 2.24) is 19.9 Å². The first-order valence-electron chi connectivity index (χ1n) is 22.7. The van der Waals surface area contributed by atoms with Gasteiger partial charge in [0.05, 0.1) is 28.3 Å². The van der Waals surface area contributed by atoms with Gasteiger partial charge in [-0.05, 0) is 123 Å². The van der Waals surface area contributed by atoms with Crippen molar-refractivity contribution in [3.05, 3.63) is 172 Å². The highest BCUT2D eigenvalue weighted by Gasteiger charge is 2.21. The van der Waals surface area contributed by atoms with E-state index in [4.69, 9.17) is 9.97 Å². The zero-order chi connectivity index (χ0) is 44.6. The van der Waals surface area contributed by atoms with Gasteiger partial charge < -0.3 is 9.97 Å². The maximum atomic E-state index is 12.0. The SMILES string of the molecule is CC(C)c1ccc(-c2c3nc(c(-c4ccc(C(C)C)cc4)c4cc(/C=C/C=O)c([nH]4)c(-c4ccc(C(C)C)cc4)c4nc(c(-c5ccc(C(C)C)cc5)c5ccc2[nH]5)C=C4)C=C3)cc1. The van der Waals surface area contributed by atoms with E-state index >= 15 is 0 Å². The summed E-state index contributed by atoms with van der Waals surface area (Å²) in [6.07, 6.45) is 12.9. The summed E-state index contributed by atoms with van der Waals surface area (Å²) >= 11 is 0. The van der Waals surface area contributed by atoms with E-state index < -0.39 is 0 Å². The quantitative estimate of drug-likeness (QED) is 0.106. The van der Waals surface area contributed by atoms with Crippen molar-refractivity contribution in [3.63, 3.8) is 0 Å². The molecular formula is C59H56N4O. The number of carbonyl (C=O) groups excluding carboxylic acids is 1. The van der Waals surface area contributed by atoms with Gasteiger partial charge in [0, 0.05) is 44.4 Å². The molecule has 0 radical (unpaired) electrons. The van der Waals surface area contributed by atoms with Gasteiger partial charge in [-0.1, -0.05) is 152 Å². The third-order valence-corrected chi connectivity index (χ3v) is 12.7. The molecule has 2 aliphatic heterocycles. The molecule has 0 amide bonds. The molecule has 5 heteroatoms. The van der Waals surface area contributed by atoms with E-state index in [1.165, 1.54) is 22.3 Å². The standard InChI is InChI=1S/C59H56N4O/c1-35(2)39-11-19-43(20-12-39)55-48-27-28-49(60-48)56(44-21-13-40(14-22-44)36(3)4)51-31-32-53(62-51)58(46-25-17-42(18-26-46)38(7)8)59-47(10-9-33-64)34-54(63-59)57(52-30-29-50(55)61-52)45-23-15-41(16-24-45)37(5)6/h9-38,60,63H,1-8H3/b10-9+,55-48?,55-50?,56-49?,56-51?,57-52?,57-54?,58-53?,59-58?. The molecule has 0 saturated carbocycles. The van der Waals surface area contributed by atoms with Crippen molar-refractivity contribution in [3.8, 4) is 44.5 Å². The molecule has 64 heavy (non-hydrogen) atoms. The summed E-state index contributed by atoms with van der Waals surface area (Å²) in [7, 11) is 0. The van der Waals surface area contributed by atoms with Crippen LogP contribution in [0.2, 0.25) is 0 Å². The fourth-order valence-corrected chi connectivity index (χ4v) is 8.94. The molecule has 5 nitrogen and oxygen atoms in total. The number of nitrogens with zero attached hydrogens (tertiary/aromatic N) is 2. The molecule has 2 aliphatic rings. The Morgan fingerprint density at radius 3 is 1.08 bits per heavy atom. The summed E-state index contributed by atoms with van der Waals surface area (Å²) in [6, 6.07) is 42.0. The third kappa shape index (κ3) is 8.15. The number of rotatable bonds is 10. The highest BCUT2D eigenvalue weighted by atomic mass is 16.1. The molecule has 2 N–H and O–H groups in total. The molecule has 3 aromatic heterocycles. The Labute approximate surface area is 377 Å². The summed E-state index contributed by atoms with van der Waals surface area (Å²) in [5.74, 6) is 1.58. The topological polar surface area (TPSA) is 74.4 Å². The molecule has 5 heterocycles. The van der Waals surface area contributed by atoms with Gasteiger partial charge in [-0.2, -0.15) is 0 Å². The van der Waals surface area contributed by atoms with Gasteiger partial charge in [0.1, 0.15) is 6.29 Å². The normalized spacial score (nSPS) is 12.5. The largest absolute Gasteiger partial charge is 0.354 e. The zero-order valence-corrected chi connectivity index (χ0v) is 38.1. The molecule has 8 bridgehead atoms. The van der Waals surface area contributed by atoms with E-state index in [0.29, 0.717) is 23.7 Å². The number of fused-ring (bicyclic) bond motifs is 8. The van der Waals surface area contributed by atoms with Crippen molar-refractivity contribution in [2.24, 2.45) is 0 Å². The van der Waals surface area contributed by atoms with E-state index in [-0.39, 0.29) is 0 Å². The van der Waals surface area contributed by atoms with Crippen LogP contribution in [-0.2, 0) is 4.79 Å². The number of allylic oxidation sites excluding steroid dienone is 1. The Kier molecular flexibility index (Phi) is 11.6. The van der Waals surface area contributed by atoms with Crippen molar-refractivity contribution >= 4 is 58.7 Å². The van der Waals surface area contributed by atoms with Crippen molar-refractivity contribution < 1.29 is 4.79 Å². The van der Waals surface area contributed by atoms with Crippen LogP contribution in [-0.4, -0.2) is 26.2 Å². The monoisotopic (exact) mass is 836 g/mol. The number of aldehydes is 1. The lowest BCUT2D eigenvalue weighted by molar-refractivity contribution is -0.104. The first kappa shape index (κ1) is 42.2. The average molecular weight is 837 g/mol. The number of H-pyrrole nitrogens is 2. The van der Waals surface area contributed by atoms with Gasteiger partial charge in [-0.25, -0.2) is 9.97 Å². The molecule has 0 fully saturated rings. The summed E-state index contributed by atoms with van der Waals surface area (Å²) in [6.45, 7) is 17.8.